The summed E-state index contributed by atoms with van der Waals surface area (Å²) in [5.41, 5.74) is 1.09. The first-order valence-electron chi connectivity index (χ1n) is 8.83. The standard InChI is InChI=1S/C17H29N5OS/c1-4-18-17(21-11-15-22-12(2)13(3)24-15)20-10-6-9-19-16(23)14-7-5-8-14/h14H,4-11H2,1-3H3,(H,19,23)(H2,18,20,21). The van der Waals surface area contributed by atoms with Crippen LogP contribution in [0.25, 0.3) is 0 Å². The highest BCUT2D eigenvalue weighted by Gasteiger charge is 2.24. The summed E-state index contributed by atoms with van der Waals surface area (Å²) in [6.45, 7) is 9.07. The van der Waals surface area contributed by atoms with Gasteiger partial charge in [-0.05, 0) is 40.0 Å². The van der Waals surface area contributed by atoms with Crippen LogP contribution in [0.4, 0.5) is 0 Å². The van der Waals surface area contributed by atoms with Crippen molar-refractivity contribution in [2.45, 2.75) is 53.0 Å². The zero-order valence-electron chi connectivity index (χ0n) is 14.9. The Morgan fingerprint density at radius 2 is 2.00 bits per heavy atom. The molecule has 1 fully saturated rings. The fourth-order valence-electron chi connectivity index (χ4n) is 2.42. The van der Waals surface area contributed by atoms with Crippen LogP contribution in [0, 0.1) is 19.8 Å². The average molecular weight is 352 g/mol. The van der Waals surface area contributed by atoms with Gasteiger partial charge >= 0.3 is 0 Å². The molecule has 0 radical (unpaired) electrons. The second-order valence-corrected chi connectivity index (χ2v) is 7.43. The lowest BCUT2D eigenvalue weighted by molar-refractivity contribution is -0.127. The molecule has 134 valence electrons. The van der Waals surface area contributed by atoms with Crippen molar-refractivity contribution < 1.29 is 4.79 Å². The SMILES string of the molecule is CCNC(=NCc1nc(C)c(C)s1)NCCCNC(=O)C1CCC1. The van der Waals surface area contributed by atoms with E-state index in [2.05, 4.69) is 32.9 Å². The smallest absolute Gasteiger partial charge is 0.223 e. The predicted octanol–water partition coefficient (Wildman–Crippen LogP) is 2.12. The van der Waals surface area contributed by atoms with Crippen LogP contribution in [-0.4, -0.2) is 36.5 Å². The molecule has 3 N–H and O–H groups in total. The van der Waals surface area contributed by atoms with Crippen molar-refractivity contribution in [3.8, 4) is 0 Å². The molecule has 1 aliphatic carbocycles. The molecule has 1 aliphatic rings. The number of carbonyl (C=O) groups excluding carboxylic acids is 1. The summed E-state index contributed by atoms with van der Waals surface area (Å²) < 4.78 is 0. The van der Waals surface area contributed by atoms with Gasteiger partial charge in [-0.1, -0.05) is 6.42 Å². The highest BCUT2D eigenvalue weighted by molar-refractivity contribution is 7.11. The molecule has 0 saturated heterocycles. The lowest BCUT2D eigenvalue weighted by atomic mass is 9.85. The molecule has 0 bridgehead atoms. The first-order valence-corrected chi connectivity index (χ1v) is 9.64. The summed E-state index contributed by atoms with van der Waals surface area (Å²) in [4.78, 5) is 22.1. The monoisotopic (exact) mass is 351 g/mol. The summed E-state index contributed by atoms with van der Waals surface area (Å²) >= 11 is 1.70. The third-order valence-corrected chi connectivity index (χ3v) is 5.27. The number of nitrogens with one attached hydrogen (secondary N) is 3. The number of rotatable bonds is 8. The first-order chi connectivity index (χ1) is 11.6. The Morgan fingerprint density at radius 3 is 2.58 bits per heavy atom. The van der Waals surface area contributed by atoms with Crippen LogP contribution >= 0.6 is 11.3 Å². The Bertz CT molecular complexity index is 546. The second kappa shape index (κ2) is 9.61. The van der Waals surface area contributed by atoms with Gasteiger partial charge in [0.15, 0.2) is 5.96 Å². The predicted molar refractivity (Wildman–Crippen MR) is 99.4 cm³/mol. The highest BCUT2D eigenvalue weighted by atomic mass is 32.1. The number of aliphatic imine (C=N–C) groups is 1. The van der Waals surface area contributed by atoms with Gasteiger partial charge in [0.2, 0.25) is 5.91 Å². The summed E-state index contributed by atoms with van der Waals surface area (Å²) in [5, 5.41) is 10.6. The van der Waals surface area contributed by atoms with E-state index < -0.39 is 0 Å². The number of thiazole rings is 1. The van der Waals surface area contributed by atoms with Gasteiger partial charge in [-0.3, -0.25) is 4.79 Å². The maximum atomic E-state index is 11.7. The quantitative estimate of drug-likeness (QED) is 0.381. The number of aromatic nitrogens is 1. The maximum Gasteiger partial charge on any atom is 0.223 e. The van der Waals surface area contributed by atoms with Gasteiger partial charge in [0, 0.05) is 30.4 Å². The van der Waals surface area contributed by atoms with E-state index in [4.69, 9.17) is 0 Å². The molecule has 0 atom stereocenters. The number of hydrogen-bond acceptors (Lipinski definition) is 4. The van der Waals surface area contributed by atoms with E-state index in [1.165, 1.54) is 11.3 Å². The van der Waals surface area contributed by atoms with Crippen LogP contribution < -0.4 is 16.0 Å². The molecule has 6 nitrogen and oxygen atoms in total. The molecule has 1 aromatic heterocycles. The van der Waals surface area contributed by atoms with Crippen LogP contribution in [0.1, 0.15) is 48.2 Å². The lowest BCUT2D eigenvalue weighted by Gasteiger charge is -2.24. The minimum atomic E-state index is 0.219. The van der Waals surface area contributed by atoms with E-state index in [9.17, 15) is 4.79 Å². The third-order valence-electron chi connectivity index (χ3n) is 4.21. The van der Waals surface area contributed by atoms with E-state index in [1.807, 2.05) is 13.8 Å². The number of aryl methyl sites for hydroxylation is 2. The van der Waals surface area contributed by atoms with Crippen molar-refractivity contribution in [1.82, 2.24) is 20.9 Å². The van der Waals surface area contributed by atoms with Gasteiger partial charge in [0.1, 0.15) is 5.01 Å². The van der Waals surface area contributed by atoms with Crippen LogP contribution in [0.3, 0.4) is 0 Å². The molecule has 0 aromatic carbocycles. The van der Waals surface area contributed by atoms with E-state index in [-0.39, 0.29) is 11.8 Å². The van der Waals surface area contributed by atoms with E-state index >= 15 is 0 Å². The normalized spacial score (nSPS) is 15.0. The molecule has 1 saturated carbocycles. The molecule has 1 aromatic rings. The Kier molecular flexibility index (Phi) is 7.49. The number of carbonyl (C=O) groups is 1. The van der Waals surface area contributed by atoms with Crippen LogP contribution in [0.15, 0.2) is 4.99 Å². The van der Waals surface area contributed by atoms with E-state index in [0.29, 0.717) is 13.1 Å². The number of hydrogen-bond donors (Lipinski definition) is 3. The van der Waals surface area contributed by atoms with Crippen LogP contribution in [0.5, 0.6) is 0 Å². The lowest BCUT2D eigenvalue weighted by Crippen LogP contribution is -2.39. The van der Waals surface area contributed by atoms with Gasteiger partial charge in [0.25, 0.3) is 0 Å². The molecule has 24 heavy (non-hydrogen) atoms. The van der Waals surface area contributed by atoms with Gasteiger partial charge in [-0.15, -0.1) is 11.3 Å². The summed E-state index contributed by atoms with van der Waals surface area (Å²) in [6, 6.07) is 0. The second-order valence-electron chi connectivity index (χ2n) is 6.14. The molecular formula is C17H29N5OS. The molecule has 0 spiro atoms. The van der Waals surface area contributed by atoms with Crippen molar-refractivity contribution in [3.63, 3.8) is 0 Å². The Labute approximate surface area is 148 Å². The number of nitrogens with zero attached hydrogens (tertiary/aromatic N) is 2. The molecular weight excluding hydrogens is 322 g/mol. The molecule has 1 amide bonds. The van der Waals surface area contributed by atoms with Crippen molar-refractivity contribution in [3.05, 3.63) is 15.6 Å². The van der Waals surface area contributed by atoms with Gasteiger partial charge in [-0.25, -0.2) is 9.98 Å². The molecule has 1 heterocycles. The molecule has 7 heteroatoms. The zero-order chi connectivity index (χ0) is 17.4. The molecule has 0 unspecified atom stereocenters. The Hall–Kier alpha value is -1.63. The maximum absolute atomic E-state index is 11.7. The number of amides is 1. The highest BCUT2D eigenvalue weighted by Crippen LogP contribution is 2.26. The van der Waals surface area contributed by atoms with E-state index in [0.717, 1.165) is 49.0 Å². The van der Waals surface area contributed by atoms with Crippen molar-refractivity contribution in [2.75, 3.05) is 19.6 Å². The summed E-state index contributed by atoms with van der Waals surface area (Å²) in [7, 11) is 0. The Morgan fingerprint density at radius 1 is 1.25 bits per heavy atom. The van der Waals surface area contributed by atoms with Gasteiger partial charge in [0.05, 0.1) is 12.2 Å². The average Bonchev–Trinajstić information content (AvgIpc) is 2.81. The fourth-order valence-corrected chi connectivity index (χ4v) is 3.28. The minimum absolute atomic E-state index is 0.219. The minimum Gasteiger partial charge on any atom is -0.357 e. The summed E-state index contributed by atoms with van der Waals surface area (Å²) in [5.74, 6) is 1.28. The third kappa shape index (κ3) is 5.78. The van der Waals surface area contributed by atoms with Crippen LogP contribution in [-0.2, 0) is 11.3 Å². The van der Waals surface area contributed by atoms with Crippen molar-refractivity contribution >= 4 is 23.2 Å². The van der Waals surface area contributed by atoms with Gasteiger partial charge < -0.3 is 16.0 Å². The van der Waals surface area contributed by atoms with E-state index in [1.54, 1.807) is 11.3 Å². The largest absolute Gasteiger partial charge is 0.357 e. The first kappa shape index (κ1) is 18.7. The summed E-state index contributed by atoms with van der Waals surface area (Å²) in [6.07, 6.45) is 4.19. The van der Waals surface area contributed by atoms with Crippen molar-refractivity contribution in [1.29, 1.82) is 0 Å². The topological polar surface area (TPSA) is 78.4 Å². The molecule has 0 aliphatic heterocycles. The van der Waals surface area contributed by atoms with Gasteiger partial charge in [-0.2, -0.15) is 0 Å². The van der Waals surface area contributed by atoms with Crippen molar-refractivity contribution in [2.24, 2.45) is 10.9 Å². The van der Waals surface area contributed by atoms with Crippen LogP contribution in [0.2, 0.25) is 0 Å². The fraction of sp³-hybridized carbons (Fsp3) is 0.706. The Balaban J connectivity index is 1.68. The molecule has 2 rings (SSSR count). The zero-order valence-corrected chi connectivity index (χ0v) is 15.8. The number of guanidine groups is 1.